The molecule has 4 rings (SSSR count). The van der Waals surface area contributed by atoms with E-state index >= 15 is 0 Å². The normalized spacial score (nSPS) is 15.6. The van der Waals surface area contributed by atoms with E-state index in [2.05, 4.69) is 24.0 Å². The van der Waals surface area contributed by atoms with Crippen molar-refractivity contribution in [2.24, 2.45) is 0 Å². The lowest BCUT2D eigenvalue weighted by Crippen LogP contribution is -2.45. The molecule has 2 amide bonds. The van der Waals surface area contributed by atoms with E-state index in [0.29, 0.717) is 13.0 Å². The van der Waals surface area contributed by atoms with Gasteiger partial charge in [-0.15, -0.1) is 0 Å². The quantitative estimate of drug-likeness (QED) is 0.742. The maximum Gasteiger partial charge on any atom is 0.246 e. The Morgan fingerprint density at radius 2 is 1.89 bits per heavy atom. The van der Waals surface area contributed by atoms with Gasteiger partial charge in [0.05, 0.1) is 0 Å². The van der Waals surface area contributed by atoms with Gasteiger partial charge < -0.3 is 14.8 Å². The molecule has 0 bridgehead atoms. The largest absolute Gasteiger partial charge is 0.361 e. The lowest BCUT2D eigenvalue weighted by molar-refractivity contribution is -0.133. The van der Waals surface area contributed by atoms with Crippen LogP contribution in [-0.2, 0) is 22.4 Å². The smallest absolute Gasteiger partial charge is 0.246 e. The Bertz CT molecular complexity index is 1020. The minimum Gasteiger partial charge on any atom is -0.361 e. The zero-order chi connectivity index (χ0) is 19.7. The van der Waals surface area contributed by atoms with E-state index in [1.165, 1.54) is 17.9 Å². The number of aromatic nitrogens is 1. The molecule has 144 valence electrons. The predicted octanol–water partition coefficient (Wildman–Crippen LogP) is 3.54. The molecule has 1 unspecified atom stereocenters. The summed E-state index contributed by atoms with van der Waals surface area (Å²) in [5.74, 6) is -0.0973. The third kappa shape index (κ3) is 3.40. The monoisotopic (exact) mass is 375 g/mol. The van der Waals surface area contributed by atoms with Crippen molar-refractivity contribution in [2.45, 2.75) is 32.7 Å². The molecule has 1 aliphatic heterocycles. The van der Waals surface area contributed by atoms with E-state index in [4.69, 9.17) is 0 Å². The highest BCUT2D eigenvalue weighted by molar-refractivity contribution is 5.98. The van der Waals surface area contributed by atoms with Gasteiger partial charge in [0.2, 0.25) is 11.8 Å². The molecule has 3 aromatic rings. The van der Waals surface area contributed by atoms with Gasteiger partial charge in [-0.05, 0) is 43.0 Å². The van der Waals surface area contributed by atoms with Crippen LogP contribution < -0.4 is 4.90 Å². The van der Waals surface area contributed by atoms with Gasteiger partial charge in [0, 0.05) is 42.3 Å². The summed E-state index contributed by atoms with van der Waals surface area (Å²) in [5, 5.41) is 1.17. The Hall–Kier alpha value is -3.08. The molecular weight excluding hydrogens is 350 g/mol. The lowest BCUT2D eigenvalue weighted by atomic mass is 10.1. The fourth-order valence-electron chi connectivity index (χ4n) is 4.13. The van der Waals surface area contributed by atoms with E-state index in [1.807, 2.05) is 47.5 Å². The molecule has 1 aromatic heterocycles. The lowest BCUT2D eigenvalue weighted by Gasteiger charge is -2.27. The Kier molecular flexibility index (Phi) is 4.90. The molecule has 0 aliphatic carbocycles. The zero-order valence-electron chi connectivity index (χ0n) is 16.3. The number of nitrogens with one attached hydrogen (secondary N) is 1. The molecule has 2 aromatic carbocycles. The zero-order valence-corrected chi connectivity index (χ0v) is 16.3. The molecule has 1 atom stereocenters. The van der Waals surface area contributed by atoms with Gasteiger partial charge in [0.15, 0.2) is 0 Å². The van der Waals surface area contributed by atoms with E-state index in [0.717, 1.165) is 23.2 Å². The van der Waals surface area contributed by atoms with Crippen molar-refractivity contribution < 1.29 is 9.59 Å². The first-order valence-electron chi connectivity index (χ1n) is 9.75. The Morgan fingerprint density at radius 1 is 1.14 bits per heavy atom. The van der Waals surface area contributed by atoms with Crippen LogP contribution in [-0.4, -0.2) is 40.8 Å². The minimum absolute atomic E-state index is 0.0217. The highest BCUT2D eigenvalue weighted by Gasteiger charge is 2.31. The van der Waals surface area contributed by atoms with Crippen molar-refractivity contribution in [1.29, 1.82) is 0 Å². The number of para-hydroxylation sites is 2. The van der Waals surface area contributed by atoms with Gasteiger partial charge in [0.25, 0.3) is 0 Å². The molecule has 1 aliphatic rings. The number of aromatic amines is 1. The first-order chi connectivity index (χ1) is 13.5. The van der Waals surface area contributed by atoms with Crippen LogP contribution in [0.3, 0.4) is 0 Å². The third-order valence-electron chi connectivity index (χ3n) is 5.57. The Labute approximate surface area is 165 Å². The van der Waals surface area contributed by atoms with E-state index in [1.54, 1.807) is 4.90 Å². The second-order valence-electron chi connectivity index (χ2n) is 7.50. The molecule has 0 radical (unpaired) electrons. The van der Waals surface area contributed by atoms with Crippen molar-refractivity contribution in [2.75, 3.05) is 18.0 Å². The van der Waals surface area contributed by atoms with Gasteiger partial charge in [-0.3, -0.25) is 9.59 Å². The maximum absolute atomic E-state index is 13.0. The fourth-order valence-corrected chi connectivity index (χ4v) is 4.13. The highest BCUT2D eigenvalue weighted by atomic mass is 16.2. The number of benzene rings is 2. The second-order valence-corrected chi connectivity index (χ2v) is 7.50. The van der Waals surface area contributed by atoms with Gasteiger partial charge >= 0.3 is 0 Å². The van der Waals surface area contributed by atoms with Gasteiger partial charge in [-0.1, -0.05) is 36.4 Å². The van der Waals surface area contributed by atoms with Crippen LogP contribution in [0.15, 0.2) is 54.7 Å². The number of H-pyrrole nitrogens is 1. The molecule has 5 nitrogen and oxygen atoms in total. The van der Waals surface area contributed by atoms with Gasteiger partial charge in [-0.25, -0.2) is 0 Å². The molecule has 5 heteroatoms. The Morgan fingerprint density at radius 3 is 2.71 bits per heavy atom. The summed E-state index contributed by atoms with van der Waals surface area (Å²) in [6, 6.07) is 16.3. The summed E-state index contributed by atoms with van der Waals surface area (Å²) >= 11 is 0. The number of rotatable bonds is 5. The highest BCUT2D eigenvalue weighted by Crippen LogP contribution is 2.31. The van der Waals surface area contributed by atoms with Crippen molar-refractivity contribution in [3.8, 4) is 0 Å². The van der Waals surface area contributed by atoms with E-state index in [-0.39, 0.29) is 24.4 Å². The fraction of sp³-hybridized carbons (Fsp3) is 0.304. The maximum atomic E-state index is 13.0. The number of amides is 2. The molecule has 0 saturated carbocycles. The number of anilines is 1. The number of nitrogens with zero attached hydrogens (tertiary/aromatic N) is 2. The van der Waals surface area contributed by atoms with Crippen LogP contribution in [0.2, 0.25) is 0 Å². The van der Waals surface area contributed by atoms with Gasteiger partial charge in [0.1, 0.15) is 6.54 Å². The van der Waals surface area contributed by atoms with Crippen LogP contribution in [0.1, 0.15) is 25.0 Å². The van der Waals surface area contributed by atoms with Crippen LogP contribution in [0.5, 0.6) is 0 Å². The summed E-state index contributed by atoms with van der Waals surface area (Å²) in [7, 11) is 0. The van der Waals surface area contributed by atoms with Crippen LogP contribution >= 0.6 is 0 Å². The molecule has 0 fully saturated rings. The standard InChI is InChI=1S/C23H25N3O2/c1-16-13-18-7-3-6-10-22(18)26(16)23(28)15-25(17(2)27)12-11-19-14-24-21-9-5-4-8-20(19)21/h3-10,14,16,24H,11-13,15H2,1-2H3. The number of carbonyl (C=O) groups excluding carboxylic acids is 2. The number of fused-ring (bicyclic) bond motifs is 2. The first-order valence-corrected chi connectivity index (χ1v) is 9.75. The third-order valence-corrected chi connectivity index (χ3v) is 5.57. The SMILES string of the molecule is CC(=O)N(CCc1c[nH]c2ccccc12)CC(=O)N1c2ccccc2CC1C. The van der Waals surface area contributed by atoms with Crippen LogP contribution in [0, 0.1) is 0 Å². The average molecular weight is 375 g/mol. The summed E-state index contributed by atoms with van der Waals surface area (Å²) in [4.78, 5) is 32.0. The summed E-state index contributed by atoms with van der Waals surface area (Å²) in [6.45, 7) is 4.22. The molecular formula is C23H25N3O2. The molecule has 1 N–H and O–H groups in total. The van der Waals surface area contributed by atoms with Crippen LogP contribution in [0.4, 0.5) is 5.69 Å². The topological polar surface area (TPSA) is 56.4 Å². The van der Waals surface area contributed by atoms with E-state index < -0.39 is 0 Å². The summed E-state index contributed by atoms with van der Waals surface area (Å²) < 4.78 is 0. The number of hydrogen-bond donors (Lipinski definition) is 1. The molecule has 0 spiro atoms. The predicted molar refractivity (Wildman–Crippen MR) is 111 cm³/mol. The minimum atomic E-state index is -0.0756. The van der Waals surface area contributed by atoms with Crippen LogP contribution in [0.25, 0.3) is 10.9 Å². The summed E-state index contributed by atoms with van der Waals surface area (Å²) in [6.07, 6.45) is 3.56. The van der Waals surface area contributed by atoms with Gasteiger partial charge in [-0.2, -0.15) is 0 Å². The number of hydrogen-bond acceptors (Lipinski definition) is 2. The second kappa shape index (κ2) is 7.50. The Balaban J connectivity index is 1.47. The molecule has 28 heavy (non-hydrogen) atoms. The summed E-state index contributed by atoms with van der Waals surface area (Å²) in [5.41, 5.74) is 4.41. The average Bonchev–Trinajstić information content (AvgIpc) is 3.24. The van der Waals surface area contributed by atoms with Crippen molar-refractivity contribution in [3.05, 3.63) is 65.9 Å². The molecule has 0 saturated heterocycles. The van der Waals surface area contributed by atoms with Crippen molar-refractivity contribution in [3.63, 3.8) is 0 Å². The first kappa shape index (κ1) is 18.3. The van der Waals surface area contributed by atoms with Crippen molar-refractivity contribution >= 4 is 28.4 Å². The van der Waals surface area contributed by atoms with Crippen molar-refractivity contribution in [1.82, 2.24) is 9.88 Å². The number of carbonyl (C=O) groups is 2. The van der Waals surface area contributed by atoms with E-state index in [9.17, 15) is 9.59 Å². The molecule has 2 heterocycles.